The molecule has 88 valence electrons. The van der Waals surface area contributed by atoms with E-state index in [2.05, 4.69) is 34.6 Å². The lowest BCUT2D eigenvalue weighted by molar-refractivity contribution is 0.522. The summed E-state index contributed by atoms with van der Waals surface area (Å²) in [5.74, 6) is 2.74. The van der Waals surface area contributed by atoms with E-state index >= 15 is 0 Å². The van der Waals surface area contributed by atoms with Crippen LogP contribution in [0.25, 0.3) is 0 Å². The normalized spacial score (nSPS) is 37.2. The van der Waals surface area contributed by atoms with E-state index in [1.807, 2.05) is 6.34 Å². The van der Waals surface area contributed by atoms with Gasteiger partial charge in [-0.05, 0) is 48.1 Å². The van der Waals surface area contributed by atoms with E-state index in [1.165, 1.54) is 19.3 Å². The van der Waals surface area contributed by atoms with Gasteiger partial charge in [-0.25, -0.2) is 0 Å². The predicted octanol–water partition coefficient (Wildman–Crippen LogP) is 2.35. The van der Waals surface area contributed by atoms with E-state index in [0.29, 0.717) is 6.04 Å². The second-order valence-corrected chi connectivity index (χ2v) is 5.68. The van der Waals surface area contributed by atoms with E-state index in [-0.39, 0.29) is 0 Å². The standard InChI is InChI=1S/C15H18N2/c1-2-4-12-10(3-1)5-6-13-14(15(12)13)7-11-8-16-9-17-11/h1-4,9,11,13-15H,5-8H2,(H,16,17). The summed E-state index contributed by atoms with van der Waals surface area (Å²) in [6.45, 7) is 0.984. The summed E-state index contributed by atoms with van der Waals surface area (Å²) >= 11 is 0. The first-order valence-corrected chi connectivity index (χ1v) is 6.75. The first-order valence-electron chi connectivity index (χ1n) is 6.75. The summed E-state index contributed by atoms with van der Waals surface area (Å²) in [5.41, 5.74) is 3.25. The topological polar surface area (TPSA) is 24.4 Å². The van der Waals surface area contributed by atoms with Crippen LogP contribution in [0.3, 0.4) is 0 Å². The fraction of sp³-hybridized carbons (Fsp3) is 0.533. The summed E-state index contributed by atoms with van der Waals surface area (Å²) in [7, 11) is 0. The molecule has 0 spiro atoms. The van der Waals surface area contributed by atoms with E-state index < -0.39 is 0 Å². The lowest BCUT2D eigenvalue weighted by atomic mass is 9.92. The summed E-state index contributed by atoms with van der Waals surface area (Å²) in [5, 5.41) is 3.37. The number of rotatable bonds is 2. The van der Waals surface area contributed by atoms with Crippen LogP contribution in [0.15, 0.2) is 29.3 Å². The van der Waals surface area contributed by atoms with E-state index in [1.54, 1.807) is 11.1 Å². The van der Waals surface area contributed by atoms with Crippen LogP contribution in [0.4, 0.5) is 0 Å². The van der Waals surface area contributed by atoms with Crippen LogP contribution in [-0.4, -0.2) is 18.9 Å². The molecule has 1 aromatic rings. The molecule has 4 atom stereocenters. The third kappa shape index (κ3) is 1.50. The molecule has 1 saturated carbocycles. The SMILES string of the molecule is C1=NCC(CC2C3CCc4ccccc4C32)N1. The van der Waals surface area contributed by atoms with Crippen molar-refractivity contribution in [3.05, 3.63) is 35.4 Å². The van der Waals surface area contributed by atoms with Gasteiger partial charge in [-0.3, -0.25) is 4.99 Å². The van der Waals surface area contributed by atoms with E-state index in [9.17, 15) is 0 Å². The third-order valence-electron chi connectivity index (χ3n) is 4.78. The molecule has 1 aromatic carbocycles. The molecule has 2 aliphatic carbocycles. The number of nitrogens with one attached hydrogen (secondary N) is 1. The number of fused-ring (bicyclic) bond motifs is 3. The first-order chi connectivity index (χ1) is 8.43. The fourth-order valence-corrected chi connectivity index (χ4v) is 3.89. The van der Waals surface area contributed by atoms with Crippen molar-refractivity contribution in [3.8, 4) is 0 Å². The smallest absolute Gasteiger partial charge is 0.0827 e. The van der Waals surface area contributed by atoms with Crippen molar-refractivity contribution in [1.29, 1.82) is 0 Å². The summed E-state index contributed by atoms with van der Waals surface area (Å²) in [4.78, 5) is 4.27. The molecule has 1 heterocycles. The van der Waals surface area contributed by atoms with Crippen molar-refractivity contribution in [2.24, 2.45) is 16.8 Å². The highest BCUT2D eigenvalue weighted by molar-refractivity contribution is 5.57. The number of benzene rings is 1. The van der Waals surface area contributed by atoms with Gasteiger partial charge < -0.3 is 5.32 Å². The molecule has 0 saturated heterocycles. The van der Waals surface area contributed by atoms with Gasteiger partial charge in [0.05, 0.1) is 12.9 Å². The highest BCUT2D eigenvalue weighted by Gasteiger charge is 2.53. The second-order valence-electron chi connectivity index (χ2n) is 5.68. The lowest BCUT2D eigenvalue weighted by Gasteiger charge is -2.13. The minimum Gasteiger partial charge on any atom is -0.372 e. The van der Waals surface area contributed by atoms with Gasteiger partial charge in [0, 0.05) is 6.04 Å². The Hall–Kier alpha value is -1.31. The molecule has 0 radical (unpaired) electrons. The van der Waals surface area contributed by atoms with Crippen molar-refractivity contribution in [2.75, 3.05) is 6.54 Å². The highest BCUT2D eigenvalue weighted by Crippen LogP contribution is 2.61. The summed E-state index contributed by atoms with van der Waals surface area (Å²) < 4.78 is 0. The molecule has 4 unspecified atom stereocenters. The highest BCUT2D eigenvalue weighted by atomic mass is 15.1. The molecular formula is C15H18N2. The number of hydrogen-bond acceptors (Lipinski definition) is 2. The maximum Gasteiger partial charge on any atom is 0.0827 e. The molecule has 17 heavy (non-hydrogen) atoms. The zero-order chi connectivity index (χ0) is 11.2. The molecular weight excluding hydrogens is 208 g/mol. The number of aliphatic imine (C=N–C) groups is 1. The molecule has 3 aliphatic rings. The second kappa shape index (κ2) is 3.59. The van der Waals surface area contributed by atoms with E-state index in [4.69, 9.17) is 0 Å². The van der Waals surface area contributed by atoms with Crippen LogP contribution < -0.4 is 5.32 Å². The zero-order valence-electron chi connectivity index (χ0n) is 9.97. The number of aryl methyl sites for hydroxylation is 1. The Morgan fingerprint density at radius 3 is 3.12 bits per heavy atom. The van der Waals surface area contributed by atoms with Crippen LogP contribution in [0.2, 0.25) is 0 Å². The van der Waals surface area contributed by atoms with Gasteiger partial charge >= 0.3 is 0 Å². The fourth-order valence-electron chi connectivity index (χ4n) is 3.89. The Morgan fingerprint density at radius 1 is 1.29 bits per heavy atom. The molecule has 1 fully saturated rings. The van der Waals surface area contributed by atoms with Crippen LogP contribution in [0, 0.1) is 11.8 Å². The van der Waals surface area contributed by atoms with Crippen molar-refractivity contribution < 1.29 is 0 Å². The van der Waals surface area contributed by atoms with Gasteiger partial charge in [-0.15, -0.1) is 0 Å². The van der Waals surface area contributed by atoms with Crippen molar-refractivity contribution in [3.63, 3.8) is 0 Å². The summed E-state index contributed by atoms with van der Waals surface area (Å²) in [6, 6.07) is 9.66. The monoisotopic (exact) mass is 226 g/mol. The van der Waals surface area contributed by atoms with Crippen LogP contribution >= 0.6 is 0 Å². The number of hydrogen-bond donors (Lipinski definition) is 1. The molecule has 0 aromatic heterocycles. The Balaban J connectivity index is 1.52. The van der Waals surface area contributed by atoms with Crippen molar-refractivity contribution >= 4 is 6.34 Å². The average Bonchev–Trinajstić information content (AvgIpc) is 2.82. The van der Waals surface area contributed by atoms with Gasteiger partial charge in [0.2, 0.25) is 0 Å². The van der Waals surface area contributed by atoms with Crippen LogP contribution in [-0.2, 0) is 6.42 Å². The lowest BCUT2D eigenvalue weighted by Crippen LogP contribution is -2.25. The zero-order valence-corrected chi connectivity index (χ0v) is 9.97. The summed E-state index contributed by atoms with van der Waals surface area (Å²) in [6.07, 6.45) is 5.89. The molecule has 1 aliphatic heterocycles. The van der Waals surface area contributed by atoms with Crippen LogP contribution in [0.5, 0.6) is 0 Å². The van der Waals surface area contributed by atoms with Gasteiger partial charge in [0.15, 0.2) is 0 Å². The first kappa shape index (κ1) is 9.69. The Bertz CT molecular complexity index is 458. The minimum absolute atomic E-state index is 0.609. The molecule has 4 rings (SSSR count). The van der Waals surface area contributed by atoms with Crippen molar-refractivity contribution in [1.82, 2.24) is 5.32 Å². The molecule has 2 nitrogen and oxygen atoms in total. The van der Waals surface area contributed by atoms with Crippen LogP contribution in [0.1, 0.15) is 29.9 Å². The Labute approximate surface area is 102 Å². The molecule has 0 amide bonds. The maximum absolute atomic E-state index is 4.27. The van der Waals surface area contributed by atoms with E-state index in [0.717, 1.165) is 24.3 Å². The predicted molar refractivity (Wildman–Crippen MR) is 69.4 cm³/mol. The van der Waals surface area contributed by atoms with Gasteiger partial charge in [-0.2, -0.15) is 0 Å². The van der Waals surface area contributed by atoms with Crippen molar-refractivity contribution in [2.45, 2.75) is 31.2 Å². The Morgan fingerprint density at radius 2 is 2.24 bits per heavy atom. The molecule has 1 N–H and O–H groups in total. The molecule has 0 bridgehead atoms. The Kier molecular flexibility index (Phi) is 2.05. The number of nitrogens with zero attached hydrogens (tertiary/aromatic N) is 1. The maximum atomic E-state index is 4.27. The average molecular weight is 226 g/mol. The van der Waals surface area contributed by atoms with Gasteiger partial charge in [0.25, 0.3) is 0 Å². The van der Waals surface area contributed by atoms with Gasteiger partial charge in [-0.1, -0.05) is 24.3 Å². The van der Waals surface area contributed by atoms with Gasteiger partial charge in [0.1, 0.15) is 0 Å². The largest absolute Gasteiger partial charge is 0.372 e. The molecule has 2 heteroatoms. The minimum atomic E-state index is 0.609. The third-order valence-corrected chi connectivity index (χ3v) is 4.78. The quantitative estimate of drug-likeness (QED) is 0.822.